The van der Waals surface area contributed by atoms with Crippen molar-refractivity contribution in [3.05, 3.63) is 42.0 Å². The molecule has 0 unspecified atom stereocenters. The van der Waals surface area contributed by atoms with E-state index in [1.807, 2.05) is 36.4 Å². The Morgan fingerprint density at radius 3 is 2.33 bits per heavy atom. The number of rotatable bonds is 6. The van der Waals surface area contributed by atoms with Gasteiger partial charge < -0.3 is 20.7 Å². The van der Waals surface area contributed by atoms with E-state index in [0.29, 0.717) is 17.4 Å². The van der Waals surface area contributed by atoms with Crippen LogP contribution in [0.2, 0.25) is 0 Å². The van der Waals surface area contributed by atoms with E-state index in [1.54, 1.807) is 0 Å². The Balaban J connectivity index is 1.53. The van der Waals surface area contributed by atoms with Crippen molar-refractivity contribution in [2.45, 2.75) is 37.8 Å². The Labute approximate surface area is 158 Å². The van der Waals surface area contributed by atoms with Crippen molar-refractivity contribution in [2.24, 2.45) is 0 Å². The first-order valence-electron chi connectivity index (χ1n) is 9.65. The highest BCUT2D eigenvalue weighted by atomic mass is 16.5. The van der Waals surface area contributed by atoms with Gasteiger partial charge in [0.15, 0.2) is 6.61 Å². The van der Waals surface area contributed by atoms with Crippen molar-refractivity contribution >= 4 is 22.6 Å². The molecule has 0 aromatic heterocycles. The summed E-state index contributed by atoms with van der Waals surface area (Å²) in [6, 6.07) is 12.0. The second-order valence-corrected chi connectivity index (χ2v) is 7.32. The summed E-state index contributed by atoms with van der Waals surface area (Å²) in [7, 11) is 0. The van der Waals surface area contributed by atoms with Crippen LogP contribution in [0.4, 0.5) is 0 Å². The normalized spacial score (nSPS) is 17.5. The number of nitrogens with one attached hydrogen (secondary N) is 3. The third-order valence-electron chi connectivity index (χ3n) is 5.07. The van der Waals surface area contributed by atoms with Crippen LogP contribution in [0.1, 0.15) is 36.0 Å². The Morgan fingerprint density at radius 1 is 0.963 bits per heavy atom. The van der Waals surface area contributed by atoms with Crippen molar-refractivity contribution < 1.29 is 14.3 Å². The second-order valence-electron chi connectivity index (χ2n) is 7.32. The lowest BCUT2D eigenvalue weighted by atomic mass is 10.0. The second kappa shape index (κ2) is 7.96. The molecule has 2 fully saturated rings. The molecule has 2 amide bonds. The minimum absolute atomic E-state index is 0.0809. The number of carbonyl (C=O) groups excluding carboxylic acids is 2. The van der Waals surface area contributed by atoms with Crippen molar-refractivity contribution in [1.82, 2.24) is 16.0 Å². The van der Waals surface area contributed by atoms with Crippen molar-refractivity contribution in [3.63, 3.8) is 0 Å². The SMILES string of the molecule is O=C(COc1cc2ccccc2cc1C(=O)NC1CCNCC1)NC1CC1. The number of hydrogen-bond donors (Lipinski definition) is 3. The number of amides is 2. The van der Waals surface area contributed by atoms with Gasteiger partial charge in [-0.2, -0.15) is 0 Å². The Bertz CT molecular complexity index is 842. The molecule has 4 rings (SSSR count). The van der Waals surface area contributed by atoms with E-state index >= 15 is 0 Å². The molecule has 0 spiro atoms. The predicted molar refractivity (Wildman–Crippen MR) is 104 cm³/mol. The van der Waals surface area contributed by atoms with Gasteiger partial charge in [0.25, 0.3) is 11.8 Å². The molecule has 2 aromatic carbocycles. The van der Waals surface area contributed by atoms with E-state index in [-0.39, 0.29) is 24.5 Å². The van der Waals surface area contributed by atoms with E-state index in [4.69, 9.17) is 4.74 Å². The summed E-state index contributed by atoms with van der Waals surface area (Å²) in [6.45, 7) is 1.74. The van der Waals surface area contributed by atoms with Gasteiger partial charge in [0.2, 0.25) is 0 Å². The number of fused-ring (bicyclic) bond motifs is 1. The van der Waals surface area contributed by atoms with Gasteiger partial charge in [0, 0.05) is 12.1 Å². The third kappa shape index (κ3) is 4.57. The highest BCUT2D eigenvalue weighted by Gasteiger charge is 2.24. The molecular formula is C21H25N3O3. The van der Waals surface area contributed by atoms with Crippen LogP contribution in [-0.2, 0) is 4.79 Å². The molecule has 1 aliphatic heterocycles. The quantitative estimate of drug-likeness (QED) is 0.729. The molecule has 0 bridgehead atoms. The van der Waals surface area contributed by atoms with E-state index in [1.165, 1.54) is 0 Å². The molecule has 1 saturated heterocycles. The van der Waals surface area contributed by atoms with Crippen LogP contribution in [-0.4, -0.2) is 43.6 Å². The summed E-state index contributed by atoms with van der Waals surface area (Å²) in [5.41, 5.74) is 0.478. The zero-order valence-electron chi connectivity index (χ0n) is 15.3. The monoisotopic (exact) mass is 367 g/mol. The molecule has 27 heavy (non-hydrogen) atoms. The first-order valence-corrected chi connectivity index (χ1v) is 9.65. The maximum absolute atomic E-state index is 12.9. The zero-order chi connectivity index (χ0) is 18.6. The summed E-state index contributed by atoms with van der Waals surface area (Å²) in [4.78, 5) is 24.9. The molecule has 2 aliphatic rings. The van der Waals surface area contributed by atoms with Crippen LogP contribution in [0.25, 0.3) is 10.8 Å². The van der Waals surface area contributed by atoms with Crippen LogP contribution >= 0.6 is 0 Å². The number of ether oxygens (including phenoxy) is 1. The van der Waals surface area contributed by atoms with Gasteiger partial charge in [-0.05, 0) is 61.7 Å². The van der Waals surface area contributed by atoms with Gasteiger partial charge in [-0.25, -0.2) is 0 Å². The largest absolute Gasteiger partial charge is 0.483 e. The topological polar surface area (TPSA) is 79.5 Å². The van der Waals surface area contributed by atoms with Crippen LogP contribution in [0, 0.1) is 0 Å². The smallest absolute Gasteiger partial charge is 0.258 e. The van der Waals surface area contributed by atoms with E-state index in [0.717, 1.165) is 49.5 Å². The van der Waals surface area contributed by atoms with Gasteiger partial charge >= 0.3 is 0 Å². The van der Waals surface area contributed by atoms with Gasteiger partial charge in [-0.1, -0.05) is 24.3 Å². The van der Waals surface area contributed by atoms with E-state index in [2.05, 4.69) is 16.0 Å². The fraction of sp³-hybridized carbons (Fsp3) is 0.429. The van der Waals surface area contributed by atoms with Crippen LogP contribution in [0.3, 0.4) is 0 Å². The summed E-state index contributed by atoms with van der Waals surface area (Å²) in [5.74, 6) is 0.159. The fourth-order valence-corrected chi connectivity index (χ4v) is 3.39. The highest BCUT2D eigenvalue weighted by molar-refractivity contribution is 6.01. The average molecular weight is 367 g/mol. The number of piperidine rings is 1. The lowest BCUT2D eigenvalue weighted by Crippen LogP contribution is -2.42. The van der Waals surface area contributed by atoms with Gasteiger partial charge in [0.1, 0.15) is 5.75 Å². The molecule has 0 atom stereocenters. The molecule has 3 N–H and O–H groups in total. The van der Waals surface area contributed by atoms with Gasteiger partial charge in [-0.3, -0.25) is 9.59 Å². The fourth-order valence-electron chi connectivity index (χ4n) is 3.39. The maximum atomic E-state index is 12.9. The maximum Gasteiger partial charge on any atom is 0.258 e. The van der Waals surface area contributed by atoms with Gasteiger partial charge in [0.05, 0.1) is 5.56 Å². The van der Waals surface area contributed by atoms with Crippen LogP contribution in [0.15, 0.2) is 36.4 Å². The lowest BCUT2D eigenvalue weighted by molar-refractivity contribution is -0.123. The zero-order valence-corrected chi connectivity index (χ0v) is 15.3. The van der Waals surface area contributed by atoms with Crippen LogP contribution in [0.5, 0.6) is 5.75 Å². The molecule has 1 saturated carbocycles. The van der Waals surface area contributed by atoms with Crippen molar-refractivity contribution in [1.29, 1.82) is 0 Å². The first kappa shape index (κ1) is 17.8. The number of benzene rings is 2. The Hall–Kier alpha value is -2.60. The van der Waals surface area contributed by atoms with Gasteiger partial charge in [-0.15, -0.1) is 0 Å². The van der Waals surface area contributed by atoms with E-state index < -0.39 is 0 Å². The van der Waals surface area contributed by atoms with Crippen molar-refractivity contribution in [3.8, 4) is 5.75 Å². The first-order chi connectivity index (χ1) is 13.2. The number of carbonyl (C=O) groups is 2. The summed E-state index contributed by atoms with van der Waals surface area (Å²) in [5, 5.41) is 11.3. The molecule has 6 heteroatoms. The Morgan fingerprint density at radius 2 is 1.63 bits per heavy atom. The minimum atomic E-state index is -0.148. The average Bonchev–Trinajstić information content (AvgIpc) is 3.50. The molecule has 142 valence electrons. The highest BCUT2D eigenvalue weighted by Crippen LogP contribution is 2.27. The standard InChI is InChI=1S/C21H25N3O3/c25-20(23-16-5-6-16)13-27-19-12-15-4-2-1-3-14(15)11-18(19)21(26)24-17-7-9-22-10-8-17/h1-4,11-12,16-17,22H,5-10,13H2,(H,23,25)(H,24,26). The Kier molecular flexibility index (Phi) is 5.25. The molecule has 1 heterocycles. The van der Waals surface area contributed by atoms with E-state index in [9.17, 15) is 9.59 Å². The molecular weight excluding hydrogens is 342 g/mol. The number of hydrogen-bond acceptors (Lipinski definition) is 4. The molecule has 0 radical (unpaired) electrons. The molecule has 6 nitrogen and oxygen atoms in total. The summed E-state index contributed by atoms with van der Waals surface area (Å²) >= 11 is 0. The summed E-state index contributed by atoms with van der Waals surface area (Å²) < 4.78 is 5.76. The molecule has 2 aromatic rings. The summed E-state index contributed by atoms with van der Waals surface area (Å²) in [6.07, 6.45) is 3.90. The third-order valence-corrected chi connectivity index (χ3v) is 5.07. The minimum Gasteiger partial charge on any atom is -0.483 e. The molecule has 1 aliphatic carbocycles. The van der Waals surface area contributed by atoms with Crippen molar-refractivity contribution in [2.75, 3.05) is 19.7 Å². The van der Waals surface area contributed by atoms with Crippen LogP contribution < -0.4 is 20.7 Å². The predicted octanol–water partition coefficient (Wildman–Crippen LogP) is 1.98. The lowest BCUT2D eigenvalue weighted by Gasteiger charge is -2.24.